The van der Waals surface area contributed by atoms with E-state index in [1.54, 1.807) is 12.3 Å². The maximum atomic E-state index is 12.3. The number of nitrogens with one attached hydrogen (secondary N) is 2. The predicted octanol–water partition coefficient (Wildman–Crippen LogP) is 0.980. The fourth-order valence-corrected chi connectivity index (χ4v) is 2.45. The average molecular weight is 268 g/mol. The van der Waals surface area contributed by atoms with Crippen LogP contribution in [0.3, 0.4) is 0 Å². The monoisotopic (exact) mass is 268 g/mol. The third-order valence-corrected chi connectivity index (χ3v) is 3.50. The summed E-state index contributed by atoms with van der Waals surface area (Å²) in [5, 5.41) is 6.22. The fraction of sp³-hybridized carbons (Fsp3) is 0.267. The van der Waals surface area contributed by atoms with Crippen LogP contribution in [0.25, 0.3) is 0 Å². The van der Waals surface area contributed by atoms with Gasteiger partial charge in [0.05, 0.1) is 18.2 Å². The van der Waals surface area contributed by atoms with Crippen LogP contribution in [0.15, 0.2) is 42.9 Å². The van der Waals surface area contributed by atoms with Gasteiger partial charge in [-0.15, -0.1) is 0 Å². The number of carbonyl (C=O) groups is 1. The fourth-order valence-electron chi connectivity index (χ4n) is 2.45. The zero-order valence-corrected chi connectivity index (χ0v) is 11.0. The number of fused-ring (bicyclic) bond motifs is 1. The lowest BCUT2D eigenvalue weighted by molar-refractivity contribution is -0.122. The molecule has 2 aromatic rings. The van der Waals surface area contributed by atoms with Crippen molar-refractivity contribution in [2.24, 2.45) is 0 Å². The summed E-state index contributed by atoms with van der Waals surface area (Å²) in [6.45, 7) is 1.93. The van der Waals surface area contributed by atoms with Gasteiger partial charge < -0.3 is 10.6 Å². The van der Waals surface area contributed by atoms with E-state index in [0.29, 0.717) is 13.1 Å². The zero-order valence-electron chi connectivity index (χ0n) is 11.0. The van der Waals surface area contributed by atoms with Gasteiger partial charge >= 0.3 is 0 Å². The molecule has 0 spiro atoms. The molecule has 20 heavy (non-hydrogen) atoms. The summed E-state index contributed by atoms with van der Waals surface area (Å²) in [6.07, 6.45) is 3.16. The Balaban J connectivity index is 1.69. The third-order valence-electron chi connectivity index (χ3n) is 3.50. The first-order valence-electron chi connectivity index (χ1n) is 6.66. The van der Waals surface area contributed by atoms with E-state index in [4.69, 9.17) is 0 Å². The molecule has 0 saturated heterocycles. The number of nitrogens with zero attached hydrogens (tertiary/aromatic N) is 2. The van der Waals surface area contributed by atoms with Gasteiger partial charge in [-0.05, 0) is 17.2 Å². The lowest BCUT2D eigenvalue weighted by Gasteiger charge is -2.25. The summed E-state index contributed by atoms with van der Waals surface area (Å²) in [6, 6.07) is 9.88. The van der Waals surface area contributed by atoms with Crippen molar-refractivity contribution in [3.8, 4) is 0 Å². The van der Waals surface area contributed by atoms with E-state index in [1.807, 2.05) is 18.2 Å². The average Bonchev–Trinajstić information content (AvgIpc) is 2.53. The summed E-state index contributed by atoms with van der Waals surface area (Å²) in [5.41, 5.74) is 3.12. The van der Waals surface area contributed by atoms with Crippen molar-refractivity contribution in [1.29, 1.82) is 0 Å². The molecule has 1 atom stereocenters. The van der Waals surface area contributed by atoms with Crippen molar-refractivity contribution in [3.63, 3.8) is 0 Å². The number of hydrogen-bond donors (Lipinski definition) is 2. The van der Waals surface area contributed by atoms with Crippen molar-refractivity contribution in [2.45, 2.75) is 19.0 Å². The molecule has 3 rings (SSSR count). The molecule has 1 aromatic heterocycles. The van der Waals surface area contributed by atoms with Crippen molar-refractivity contribution in [3.05, 3.63) is 59.7 Å². The molecule has 0 aliphatic carbocycles. The Hall–Kier alpha value is -2.27. The van der Waals surface area contributed by atoms with Gasteiger partial charge in [0.15, 0.2) is 0 Å². The Morgan fingerprint density at radius 1 is 1.35 bits per heavy atom. The van der Waals surface area contributed by atoms with Crippen LogP contribution in [-0.4, -0.2) is 22.4 Å². The smallest absolute Gasteiger partial charge is 0.229 e. The third kappa shape index (κ3) is 2.67. The van der Waals surface area contributed by atoms with E-state index < -0.39 is 0 Å². The molecule has 0 radical (unpaired) electrons. The summed E-state index contributed by atoms with van der Waals surface area (Å²) in [5.74, 6) is -0.106. The number of aromatic nitrogens is 2. The molecule has 1 aliphatic rings. The van der Waals surface area contributed by atoms with E-state index in [-0.39, 0.29) is 11.8 Å². The molecule has 102 valence electrons. The molecule has 5 nitrogen and oxygen atoms in total. The highest BCUT2D eigenvalue weighted by Gasteiger charge is 2.25. The minimum atomic E-state index is -0.137. The second-order valence-corrected chi connectivity index (χ2v) is 4.80. The van der Waals surface area contributed by atoms with E-state index in [2.05, 4.69) is 26.7 Å². The number of rotatable bonds is 3. The topological polar surface area (TPSA) is 66.9 Å². The van der Waals surface area contributed by atoms with Gasteiger partial charge in [-0.1, -0.05) is 24.3 Å². The van der Waals surface area contributed by atoms with Crippen LogP contribution in [0.1, 0.15) is 22.7 Å². The van der Waals surface area contributed by atoms with Crippen LogP contribution in [0.5, 0.6) is 0 Å². The van der Waals surface area contributed by atoms with Crippen molar-refractivity contribution >= 4 is 5.91 Å². The van der Waals surface area contributed by atoms with E-state index >= 15 is 0 Å². The van der Waals surface area contributed by atoms with Gasteiger partial charge in [-0.3, -0.25) is 4.79 Å². The standard InChI is InChI=1S/C15H16N4O/c20-15(18-8-12-5-6-16-10-19-12)14-9-17-7-11-3-1-2-4-13(11)14/h1-6,10,14,17H,7-9H2,(H,18,20). The van der Waals surface area contributed by atoms with Crippen LogP contribution >= 0.6 is 0 Å². The highest BCUT2D eigenvalue weighted by molar-refractivity contribution is 5.84. The highest BCUT2D eigenvalue weighted by Crippen LogP contribution is 2.23. The predicted molar refractivity (Wildman–Crippen MR) is 74.8 cm³/mol. The van der Waals surface area contributed by atoms with Gasteiger partial charge in [0, 0.05) is 19.3 Å². The maximum absolute atomic E-state index is 12.3. The van der Waals surface area contributed by atoms with Gasteiger partial charge in [0.25, 0.3) is 0 Å². The molecule has 0 saturated carbocycles. The second kappa shape index (κ2) is 5.79. The van der Waals surface area contributed by atoms with Crippen LogP contribution < -0.4 is 10.6 Å². The summed E-state index contributed by atoms with van der Waals surface area (Å²) < 4.78 is 0. The first kappa shape index (κ1) is 12.7. The van der Waals surface area contributed by atoms with Gasteiger partial charge in [-0.2, -0.15) is 0 Å². The van der Waals surface area contributed by atoms with Crippen molar-refractivity contribution in [1.82, 2.24) is 20.6 Å². The van der Waals surface area contributed by atoms with Crippen molar-refractivity contribution in [2.75, 3.05) is 6.54 Å². The lowest BCUT2D eigenvalue weighted by atomic mass is 9.90. The van der Waals surface area contributed by atoms with Crippen molar-refractivity contribution < 1.29 is 4.79 Å². The zero-order chi connectivity index (χ0) is 13.8. The summed E-state index contributed by atoms with van der Waals surface area (Å²) in [7, 11) is 0. The highest BCUT2D eigenvalue weighted by atomic mass is 16.1. The first-order valence-corrected chi connectivity index (χ1v) is 6.66. The first-order chi connectivity index (χ1) is 9.84. The molecule has 1 amide bonds. The maximum Gasteiger partial charge on any atom is 0.229 e. The Labute approximate surface area is 117 Å². The van der Waals surface area contributed by atoms with Gasteiger partial charge in [0.1, 0.15) is 6.33 Å². The molecule has 1 aliphatic heterocycles. The number of amides is 1. The van der Waals surface area contributed by atoms with Crippen LogP contribution in [0.2, 0.25) is 0 Å². The number of carbonyl (C=O) groups excluding carboxylic acids is 1. The molecular weight excluding hydrogens is 252 g/mol. The normalized spacial score (nSPS) is 17.3. The Kier molecular flexibility index (Phi) is 3.69. The molecule has 2 heterocycles. The van der Waals surface area contributed by atoms with Gasteiger partial charge in [-0.25, -0.2) is 9.97 Å². The number of hydrogen-bond acceptors (Lipinski definition) is 4. The Morgan fingerprint density at radius 3 is 3.10 bits per heavy atom. The molecule has 1 unspecified atom stereocenters. The van der Waals surface area contributed by atoms with E-state index in [0.717, 1.165) is 17.8 Å². The van der Waals surface area contributed by atoms with Crippen LogP contribution in [0, 0.1) is 0 Å². The quantitative estimate of drug-likeness (QED) is 0.871. The molecule has 5 heteroatoms. The molecule has 1 aromatic carbocycles. The molecule has 0 fully saturated rings. The van der Waals surface area contributed by atoms with Crippen LogP contribution in [0.4, 0.5) is 0 Å². The Bertz CT molecular complexity index is 600. The van der Waals surface area contributed by atoms with Gasteiger partial charge in [0.2, 0.25) is 5.91 Å². The SMILES string of the molecule is O=C(NCc1ccncn1)C1CNCc2ccccc21. The molecule has 2 N–H and O–H groups in total. The lowest BCUT2D eigenvalue weighted by Crippen LogP contribution is -2.38. The second-order valence-electron chi connectivity index (χ2n) is 4.80. The minimum Gasteiger partial charge on any atom is -0.350 e. The minimum absolute atomic E-state index is 0.0308. The molecule has 0 bridgehead atoms. The molecular formula is C15H16N4O. The van der Waals surface area contributed by atoms with Crippen LogP contribution in [-0.2, 0) is 17.9 Å². The van der Waals surface area contributed by atoms with E-state index in [1.165, 1.54) is 11.9 Å². The largest absolute Gasteiger partial charge is 0.350 e. The summed E-state index contributed by atoms with van der Waals surface area (Å²) >= 11 is 0. The summed E-state index contributed by atoms with van der Waals surface area (Å²) in [4.78, 5) is 20.3. The Morgan fingerprint density at radius 2 is 2.25 bits per heavy atom. The van der Waals surface area contributed by atoms with E-state index in [9.17, 15) is 4.79 Å². The number of benzene rings is 1.